The van der Waals surface area contributed by atoms with Crippen molar-refractivity contribution in [3.63, 3.8) is 0 Å². The Bertz CT molecular complexity index is 1470. The maximum atomic E-state index is 6.35. The summed E-state index contributed by atoms with van der Waals surface area (Å²) in [5, 5.41) is 5.62. The highest BCUT2D eigenvalue weighted by Crippen LogP contribution is 2.38. The number of rotatable bonds is 4. The molecular formula is C27H27N7. The first-order chi connectivity index (χ1) is 16.7. The van der Waals surface area contributed by atoms with Gasteiger partial charge in [0.15, 0.2) is 5.82 Å². The number of pyridine rings is 1. The molecule has 0 radical (unpaired) electrons. The normalized spacial score (nSPS) is 18.5. The van der Waals surface area contributed by atoms with Crippen molar-refractivity contribution in [3.05, 3.63) is 72.8 Å². The predicted octanol–water partition coefficient (Wildman–Crippen LogP) is 4.82. The van der Waals surface area contributed by atoms with Gasteiger partial charge in [0.25, 0.3) is 0 Å². The summed E-state index contributed by atoms with van der Waals surface area (Å²) in [6.07, 6.45) is 5.87. The van der Waals surface area contributed by atoms with Crippen molar-refractivity contribution < 1.29 is 0 Å². The number of aromatic nitrogens is 5. The van der Waals surface area contributed by atoms with Crippen LogP contribution >= 0.6 is 0 Å². The molecule has 0 amide bonds. The van der Waals surface area contributed by atoms with Gasteiger partial charge >= 0.3 is 0 Å². The van der Waals surface area contributed by atoms with Crippen LogP contribution < -0.4 is 11.5 Å². The minimum atomic E-state index is 0.335. The molecule has 1 aliphatic rings. The number of anilines is 1. The first kappa shape index (κ1) is 20.7. The molecule has 0 aliphatic heterocycles. The van der Waals surface area contributed by atoms with E-state index in [4.69, 9.17) is 21.4 Å². The summed E-state index contributed by atoms with van der Waals surface area (Å²) in [7, 11) is 0. The van der Waals surface area contributed by atoms with Gasteiger partial charge in [-0.1, -0.05) is 48.5 Å². The van der Waals surface area contributed by atoms with E-state index in [9.17, 15) is 0 Å². The second-order valence-corrected chi connectivity index (χ2v) is 9.15. The van der Waals surface area contributed by atoms with Crippen LogP contribution in [-0.4, -0.2) is 31.1 Å². The number of nitrogen functional groups attached to an aromatic ring is 1. The number of hydrogen-bond acceptors (Lipinski definition) is 6. The minimum absolute atomic E-state index is 0.335. The second-order valence-electron chi connectivity index (χ2n) is 9.15. The number of hydrogen-bond donors (Lipinski definition) is 2. The van der Waals surface area contributed by atoms with Crippen molar-refractivity contribution in [2.45, 2.75) is 31.6 Å². The lowest BCUT2D eigenvalue weighted by molar-refractivity contribution is 0.323. The Morgan fingerprint density at radius 1 is 0.882 bits per heavy atom. The van der Waals surface area contributed by atoms with Crippen LogP contribution in [0.15, 0.2) is 67.0 Å². The summed E-state index contributed by atoms with van der Waals surface area (Å²) in [5.74, 6) is 2.33. The Morgan fingerprint density at radius 3 is 2.47 bits per heavy atom. The fraction of sp³-hybridized carbons (Fsp3) is 0.259. The Labute approximate surface area is 197 Å². The van der Waals surface area contributed by atoms with Crippen LogP contribution in [0, 0.1) is 5.92 Å². The summed E-state index contributed by atoms with van der Waals surface area (Å²) in [4.78, 5) is 14.3. The molecular weight excluding hydrogens is 422 g/mol. The predicted molar refractivity (Wildman–Crippen MR) is 135 cm³/mol. The van der Waals surface area contributed by atoms with Gasteiger partial charge in [0, 0.05) is 22.4 Å². The number of fused-ring (bicyclic) bond motifs is 2. The van der Waals surface area contributed by atoms with E-state index in [2.05, 4.69) is 52.5 Å². The third-order valence-electron chi connectivity index (χ3n) is 7.07. The Kier molecular flexibility index (Phi) is 5.19. The van der Waals surface area contributed by atoms with E-state index in [1.807, 2.05) is 22.7 Å². The molecule has 1 aliphatic carbocycles. The van der Waals surface area contributed by atoms with Crippen LogP contribution in [0.4, 0.5) is 5.82 Å². The van der Waals surface area contributed by atoms with Crippen LogP contribution in [0.5, 0.6) is 0 Å². The zero-order valence-electron chi connectivity index (χ0n) is 18.9. The first-order valence-corrected chi connectivity index (χ1v) is 11.9. The van der Waals surface area contributed by atoms with E-state index < -0.39 is 0 Å². The highest BCUT2D eigenvalue weighted by Gasteiger charge is 2.27. The van der Waals surface area contributed by atoms with E-state index in [0.717, 1.165) is 77.0 Å². The molecule has 1 fully saturated rings. The summed E-state index contributed by atoms with van der Waals surface area (Å²) in [6.45, 7) is 0.754. The summed E-state index contributed by atoms with van der Waals surface area (Å²) < 4.78 is 1.89. The van der Waals surface area contributed by atoms with Crippen LogP contribution in [0.1, 0.15) is 37.4 Å². The highest BCUT2D eigenvalue weighted by molar-refractivity contribution is 5.91. The monoisotopic (exact) mass is 449 g/mol. The molecule has 6 rings (SSSR count). The van der Waals surface area contributed by atoms with Gasteiger partial charge in [-0.25, -0.2) is 19.5 Å². The van der Waals surface area contributed by atoms with Gasteiger partial charge in [0.2, 0.25) is 0 Å². The average Bonchev–Trinajstić information content (AvgIpc) is 3.30. The largest absolute Gasteiger partial charge is 0.382 e. The van der Waals surface area contributed by atoms with Gasteiger partial charge in [-0.15, -0.1) is 0 Å². The minimum Gasteiger partial charge on any atom is -0.382 e. The van der Waals surface area contributed by atoms with Gasteiger partial charge in [0.1, 0.15) is 23.4 Å². The van der Waals surface area contributed by atoms with E-state index in [1.165, 1.54) is 6.33 Å². The Hall–Kier alpha value is -3.84. The number of nitrogens with zero attached hydrogens (tertiary/aromatic N) is 5. The van der Waals surface area contributed by atoms with E-state index in [-0.39, 0.29) is 0 Å². The molecule has 4 N–H and O–H groups in total. The molecule has 0 bridgehead atoms. The Morgan fingerprint density at radius 2 is 1.68 bits per heavy atom. The van der Waals surface area contributed by atoms with Crippen molar-refractivity contribution in [3.8, 4) is 22.5 Å². The SMILES string of the molecule is NCC1CCC(c2nc(-c3ccc4ccc(-c5ccccc5)nc4c3)c3c(N)ncnn23)CC1. The quantitative estimate of drug-likeness (QED) is 0.407. The average molecular weight is 450 g/mol. The van der Waals surface area contributed by atoms with E-state index in [0.29, 0.717) is 17.7 Å². The third kappa shape index (κ3) is 3.58. The van der Waals surface area contributed by atoms with Crippen LogP contribution in [0.25, 0.3) is 38.9 Å². The van der Waals surface area contributed by atoms with Crippen LogP contribution in [0.2, 0.25) is 0 Å². The molecule has 0 saturated heterocycles. The molecule has 170 valence electrons. The lowest BCUT2D eigenvalue weighted by Gasteiger charge is -2.26. The molecule has 7 nitrogen and oxygen atoms in total. The molecule has 0 atom stereocenters. The molecule has 0 spiro atoms. The molecule has 3 heterocycles. The van der Waals surface area contributed by atoms with Crippen molar-refractivity contribution in [2.75, 3.05) is 12.3 Å². The van der Waals surface area contributed by atoms with Gasteiger partial charge in [-0.05, 0) is 50.3 Å². The van der Waals surface area contributed by atoms with Crippen LogP contribution in [0.3, 0.4) is 0 Å². The van der Waals surface area contributed by atoms with Gasteiger partial charge in [0.05, 0.1) is 11.2 Å². The van der Waals surface area contributed by atoms with Crippen molar-refractivity contribution in [1.29, 1.82) is 0 Å². The molecule has 2 aromatic carbocycles. The maximum absolute atomic E-state index is 6.35. The van der Waals surface area contributed by atoms with Crippen molar-refractivity contribution >= 4 is 22.2 Å². The fourth-order valence-corrected chi connectivity index (χ4v) is 5.13. The topological polar surface area (TPSA) is 108 Å². The molecule has 7 heteroatoms. The number of imidazole rings is 1. The molecule has 0 unspecified atom stereocenters. The zero-order chi connectivity index (χ0) is 23.1. The third-order valence-corrected chi connectivity index (χ3v) is 7.07. The fourth-order valence-electron chi connectivity index (χ4n) is 5.13. The summed E-state index contributed by atoms with van der Waals surface area (Å²) >= 11 is 0. The molecule has 1 saturated carbocycles. The standard InChI is InChI=1S/C27H27N7/c28-15-17-6-8-20(9-7-17)27-33-24(25-26(29)30-16-31-34(25)27)21-11-10-19-12-13-22(32-23(19)14-21)18-4-2-1-3-5-18/h1-5,10-14,16-17,20H,6-9,15,28H2,(H2,29,30,31). The van der Waals surface area contributed by atoms with E-state index in [1.54, 1.807) is 0 Å². The summed E-state index contributed by atoms with van der Waals surface area (Å²) in [5.41, 5.74) is 17.7. The van der Waals surface area contributed by atoms with Gasteiger partial charge < -0.3 is 11.5 Å². The lowest BCUT2D eigenvalue weighted by atomic mass is 9.82. The van der Waals surface area contributed by atoms with Crippen molar-refractivity contribution in [2.24, 2.45) is 11.7 Å². The highest BCUT2D eigenvalue weighted by atomic mass is 15.3. The van der Waals surface area contributed by atoms with Crippen molar-refractivity contribution in [1.82, 2.24) is 24.6 Å². The lowest BCUT2D eigenvalue weighted by Crippen LogP contribution is -2.21. The smallest absolute Gasteiger partial charge is 0.153 e. The molecule has 3 aromatic heterocycles. The number of benzene rings is 2. The number of nitrogens with two attached hydrogens (primary N) is 2. The second kappa shape index (κ2) is 8.50. The molecule has 34 heavy (non-hydrogen) atoms. The van der Waals surface area contributed by atoms with Gasteiger partial charge in [-0.2, -0.15) is 5.10 Å². The first-order valence-electron chi connectivity index (χ1n) is 11.9. The van der Waals surface area contributed by atoms with E-state index >= 15 is 0 Å². The summed E-state index contributed by atoms with van der Waals surface area (Å²) in [6, 6.07) is 20.6. The maximum Gasteiger partial charge on any atom is 0.153 e. The van der Waals surface area contributed by atoms with Crippen LogP contribution in [-0.2, 0) is 0 Å². The zero-order valence-corrected chi connectivity index (χ0v) is 18.9. The van der Waals surface area contributed by atoms with Gasteiger partial charge in [-0.3, -0.25) is 0 Å². The Balaban J connectivity index is 1.46. The molecule has 5 aromatic rings.